The normalized spacial score (nSPS) is 10.8. The second-order valence-corrected chi connectivity index (χ2v) is 4.08. The van der Waals surface area contributed by atoms with Crippen LogP contribution >= 0.6 is 0 Å². The fraction of sp³-hybridized carbons (Fsp3) is 0.250. The van der Waals surface area contributed by atoms with Crippen molar-refractivity contribution in [3.63, 3.8) is 0 Å². The van der Waals surface area contributed by atoms with E-state index < -0.39 is 0 Å². The van der Waals surface area contributed by atoms with E-state index in [9.17, 15) is 4.79 Å². The van der Waals surface area contributed by atoms with Crippen LogP contribution in [0.4, 0.5) is 0 Å². The van der Waals surface area contributed by atoms with Crippen molar-refractivity contribution in [2.45, 2.75) is 13.1 Å². The topological polar surface area (TPSA) is 84.6 Å². The number of hydrogen-bond acceptors (Lipinski definition) is 5. The summed E-state index contributed by atoms with van der Waals surface area (Å²) in [6.45, 7) is 1.35. The maximum atomic E-state index is 11.2. The van der Waals surface area contributed by atoms with Crippen LogP contribution < -0.4 is 11.3 Å². The highest BCUT2D eigenvalue weighted by Gasteiger charge is 2.10. The Morgan fingerprint density at radius 1 is 1.44 bits per heavy atom. The van der Waals surface area contributed by atoms with Crippen molar-refractivity contribution in [2.24, 2.45) is 5.84 Å². The molecule has 2 aromatic heterocycles. The van der Waals surface area contributed by atoms with Crippen LogP contribution in [0.15, 0.2) is 39.8 Å². The van der Waals surface area contributed by atoms with Crippen molar-refractivity contribution in [1.29, 1.82) is 0 Å². The predicted molar refractivity (Wildman–Crippen MR) is 64.2 cm³/mol. The molecule has 2 rings (SSSR count). The van der Waals surface area contributed by atoms with E-state index in [4.69, 9.17) is 14.7 Å². The maximum absolute atomic E-state index is 11.2. The van der Waals surface area contributed by atoms with E-state index in [1.165, 1.54) is 6.26 Å². The van der Waals surface area contributed by atoms with Crippen LogP contribution in [0, 0.1) is 0 Å². The third-order valence-corrected chi connectivity index (χ3v) is 2.51. The van der Waals surface area contributed by atoms with Gasteiger partial charge in [-0.2, -0.15) is 0 Å². The van der Waals surface area contributed by atoms with E-state index in [1.54, 1.807) is 18.6 Å². The molecule has 6 heteroatoms. The number of nitrogens with one attached hydrogen (secondary N) is 1. The minimum absolute atomic E-state index is 0.359. The van der Waals surface area contributed by atoms with Gasteiger partial charge in [0.25, 0.3) is 5.91 Å². The Morgan fingerprint density at radius 2 is 2.28 bits per heavy atom. The van der Waals surface area contributed by atoms with Crippen LogP contribution in [-0.2, 0) is 13.1 Å². The monoisotopic (exact) mass is 249 g/mol. The molecule has 0 aromatic carbocycles. The van der Waals surface area contributed by atoms with Crippen LogP contribution in [-0.4, -0.2) is 17.9 Å². The molecule has 2 heterocycles. The Kier molecular flexibility index (Phi) is 3.81. The van der Waals surface area contributed by atoms with Gasteiger partial charge in [-0.25, -0.2) is 5.84 Å². The lowest BCUT2D eigenvalue weighted by molar-refractivity contribution is 0.0953. The summed E-state index contributed by atoms with van der Waals surface area (Å²) in [6, 6.07) is 3.58. The molecule has 0 atom stereocenters. The summed E-state index contributed by atoms with van der Waals surface area (Å²) < 4.78 is 10.3. The Balaban J connectivity index is 1.92. The van der Waals surface area contributed by atoms with E-state index >= 15 is 0 Å². The summed E-state index contributed by atoms with van der Waals surface area (Å²) in [5.41, 5.74) is 3.57. The van der Waals surface area contributed by atoms with Gasteiger partial charge < -0.3 is 8.83 Å². The summed E-state index contributed by atoms with van der Waals surface area (Å²) in [5.74, 6) is 5.39. The highest BCUT2D eigenvalue weighted by atomic mass is 16.3. The number of carbonyl (C=O) groups is 1. The van der Waals surface area contributed by atoms with E-state index in [1.807, 2.05) is 18.0 Å². The number of hydrogen-bond donors (Lipinski definition) is 2. The lowest BCUT2D eigenvalue weighted by Crippen LogP contribution is -2.29. The van der Waals surface area contributed by atoms with Crippen LogP contribution in [0.2, 0.25) is 0 Å². The Bertz CT molecular complexity index is 504. The predicted octanol–water partition coefficient (Wildman–Crippen LogP) is 1.11. The first-order valence-electron chi connectivity index (χ1n) is 5.47. The number of nitrogens with two attached hydrogens (primary N) is 1. The SMILES string of the molecule is CN(Cc1ccoc1)Cc1cc(C(=O)NN)co1. The van der Waals surface area contributed by atoms with Crippen molar-refractivity contribution < 1.29 is 13.6 Å². The minimum atomic E-state index is -0.359. The molecule has 18 heavy (non-hydrogen) atoms. The van der Waals surface area contributed by atoms with E-state index in [-0.39, 0.29) is 5.91 Å². The average molecular weight is 249 g/mol. The van der Waals surface area contributed by atoms with E-state index in [0.717, 1.165) is 12.1 Å². The van der Waals surface area contributed by atoms with Gasteiger partial charge in [0.05, 0.1) is 24.6 Å². The Labute approximate surface area is 104 Å². The molecule has 0 saturated carbocycles. The molecule has 2 aromatic rings. The van der Waals surface area contributed by atoms with Crippen LogP contribution in [0.3, 0.4) is 0 Å². The van der Waals surface area contributed by atoms with Gasteiger partial charge in [0.15, 0.2) is 0 Å². The molecule has 0 radical (unpaired) electrons. The smallest absolute Gasteiger partial charge is 0.268 e. The zero-order valence-corrected chi connectivity index (χ0v) is 10.1. The zero-order valence-electron chi connectivity index (χ0n) is 10.1. The van der Waals surface area contributed by atoms with Gasteiger partial charge >= 0.3 is 0 Å². The number of carbonyl (C=O) groups excluding carboxylic acids is 1. The number of furan rings is 2. The maximum Gasteiger partial charge on any atom is 0.268 e. The van der Waals surface area contributed by atoms with Crippen molar-refractivity contribution in [3.05, 3.63) is 47.8 Å². The Hall–Kier alpha value is -2.05. The molecule has 0 unspecified atom stereocenters. The molecular weight excluding hydrogens is 234 g/mol. The number of hydrazine groups is 1. The second kappa shape index (κ2) is 5.52. The van der Waals surface area contributed by atoms with Gasteiger partial charge in [-0.15, -0.1) is 0 Å². The molecule has 96 valence electrons. The fourth-order valence-electron chi connectivity index (χ4n) is 1.68. The van der Waals surface area contributed by atoms with Gasteiger partial charge in [0.2, 0.25) is 0 Å². The molecule has 1 amide bonds. The summed E-state index contributed by atoms with van der Waals surface area (Å²) >= 11 is 0. The standard InChI is InChI=1S/C12H15N3O3/c1-15(5-9-2-3-17-7-9)6-11-4-10(8-18-11)12(16)14-13/h2-4,7-8H,5-6,13H2,1H3,(H,14,16). The lowest BCUT2D eigenvalue weighted by Gasteiger charge is -2.13. The lowest BCUT2D eigenvalue weighted by atomic mass is 10.2. The molecule has 0 aliphatic heterocycles. The largest absolute Gasteiger partial charge is 0.472 e. The fourth-order valence-corrected chi connectivity index (χ4v) is 1.68. The van der Waals surface area contributed by atoms with Gasteiger partial charge in [0.1, 0.15) is 12.0 Å². The van der Waals surface area contributed by atoms with Crippen molar-refractivity contribution in [3.8, 4) is 0 Å². The van der Waals surface area contributed by atoms with Crippen molar-refractivity contribution >= 4 is 5.91 Å². The number of nitrogens with zero attached hydrogens (tertiary/aromatic N) is 1. The molecule has 0 spiro atoms. The molecule has 6 nitrogen and oxygen atoms in total. The Morgan fingerprint density at radius 3 is 2.94 bits per heavy atom. The minimum Gasteiger partial charge on any atom is -0.472 e. The average Bonchev–Trinajstić information content (AvgIpc) is 2.99. The third kappa shape index (κ3) is 2.99. The zero-order chi connectivity index (χ0) is 13.0. The molecule has 3 N–H and O–H groups in total. The van der Waals surface area contributed by atoms with E-state index in [0.29, 0.717) is 17.9 Å². The molecular formula is C12H15N3O3. The second-order valence-electron chi connectivity index (χ2n) is 4.08. The number of nitrogen functional groups attached to an aromatic ring is 1. The first-order valence-corrected chi connectivity index (χ1v) is 5.47. The highest BCUT2D eigenvalue weighted by molar-refractivity contribution is 5.93. The quantitative estimate of drug-likeness (QED) is 0.471. The van der Waals surface area contributed by atoms with E-state index in [2.05, 4.69) is 5.43 Å². The van der Waals surface area contributed by atoms with Gasteiger partial charge in [0, 0.05) is 12.1 Å². The highest BCUT2D eigenvalue weighted by Crippen LogP contribution is 2.12. The molecule has 0 bridgehead atoms. The van der Waals surface area contributed by atoms with Gasteiger partial charge in [-0.1, -0.05) is 0 Å². The van der Waals surface area contributed by atoms with Crippen LogP contribution in [0.1, 0.15) is 21.7 Å². The molecule has 0 aliphatic rings. The van der Waals surface area contributed by atoms with Crippen LogP contribution in [0.25, 0.3) is 0 Å². The van der Waals surface area contributed by atoms with Crippen molar-refractivity contribution in [2.75, 3.05) is 7.05 Å². The molecule has 0 aliphatic carbocycles. The van der Waals surface area contributed by atoms with Gasteiger partial charge in [-0.05, 0) is 19.2 Å². The summed E-state index contributed by atoms with van der Waals surface area (Å²) in [4.78, 5) is 13.3. The number of rotatable bonds is 5. The summed E-state index contributed by atoms with van der Waals surface area (Å²) in [5, 5.41) is 0. The summed E-state index contributed by atoms with van der Waals surface area (Å²) in [6.07, 6.45) is 4.73. The number of amides is 1. The first-order chi connectivity index (χ1) is 8.69. The van der Waals surface area contributed by atoms with Gasteiger partial charge in [-0.3, -0.25) is 15.1 Å². The van der Waals surface area contributed by atoms with Crippen molar-refractivity contribution in [1.82, 2.24) is 10.3 Å². The first kappa shape index (κ1) is 12.4. The summed E-state index contributed by atoms with van der Waals surface area (Å²) in [7, 11) is 1.96. The third-order valence-electron chi connectivity index (χ3n) is 2.51. The molecule has 0 fully saturated rings. The molecule has 0 saturated heterocycles. The van der Waals surface area contributed by atoms with Crippen LogP contribution in [0.5, 0.6) is 0 Å².